The first-order valence-corrected chi connectivity index (χ1v) is 10.4. The van der Waals surface area contributed by atoms with E-state index >= 15 is 0 Å². The van der Waals surface area contributed by atoms with E-state index in [4.69, 9.17) is 25.8 Å². The lowest BCUT2D eigenvalue weighted by atomic mass is 10.1. The minimum Gasteiger partial charge on any atom is -0.480 e. The molecule has 0 spiro atoms. The molecule has 2 fully saturated rings. The molecule has 0 aliphatic carbocycles. The zero-order valence-electron chi connectivity index (χ0n) is 16.1. The molecular weight excluding hydrogens is 423 g/mol. The number of aliphatic hydroxyl groups is 1. The summed E-state index contributed by atoms with van der Waals surface area (Å²) >= 11 is 0. The molecule has 0 bridgehead atoms. The number of nitrogens with two attached hydrogens (primary N) is 2. The van der Waals surface area contributed by atoms with Crippen LogP contribution in [0.25, 0.3) is 11.2 Å². The Morgan fingerprint density at radius 3 is 2.67 bits per heavy atom. The van der Waals surface area contributed by atoms with Crippen LogP contribution in [0, 0.1) is 5.92 Å². The van der Waals surface area contributed by atoms with Crippen LogP contribution < -0.4 is 11.5 Å². The van der Waals surface area contributed by atoms with E-state index in [-0.39, 0.29) is 18.3 Å². The predicted octanol–water partition coefficient (Wildman–Crippen LogP) is -0.763. The van der Waals surface area contributed by atoms with Crippen molar-refractivity contribution < 1.29 is 38.3 Å². The van der Waals surface area contributed by atoms with Gasteiger partial charge in [0.15, 0.2) is 17.7 Å². The minimum atomic E-state index is -4.16. The number of carboxylic acid groups (broad SMARTS) is 1. The zero-order chi connectivity index (χ0) is 22.2. The number of carboxylic acids is 1. The molecule has 2 aliphatic rings. The number of anilines is 1. The van der Waals surface area contributed by atoms with E-state index in [1.165, 1.54) is 17.2 Å². The van der Waals surface area contributed by atoms with Gasteiger partial charge in [0.2, 0.25) is 0 Å². The molecule has 4 rings (SSSR count). The highest BCUT2D eigenvalue weighted by Crippen LogP contribution is 2.52. The lowest BCUT2D eigenvalue weighted by Crippen LogP contribution is -2.39. The van der Waals surface area contributed by atoms with E-state index in [1.807, 2.05) is 0 Å². The molecule has 2 aromatic heterocycles. The van der Waals surface area contributed by atoms with Gasteiger partial charge in [-0.05, 0) is 5.92 Å². The van der Waals surface area contributed by atoms with Crippen LogP contribution in [0.5, 0.6) is 0 Å². The fraction of sp³-hybridized carbons (Fsp3) is 0.600. The minimum absolute atomic E-state index is 0.0208. The molecule has 0 saturated carbocycles. The number of fused-ring (bicyclic) bond motifs is 2. The Morgan fingerprint density at radius 1 is 1.37 bits per heavy atom. The van der Waals surface area contributed by atoms with Gasteiger partial charge in [-0.3, -0.25) is 18.4 Å². The number of nitrogen functional groups attached to an aromatic ring is 1. The molecule has 6 atom stereocenters. The molecular formula is C15H23N6O8P. The summed E-state index contributed by atoms with van der Waals surface area (Å²) < 4.78 is 28.2. The maximum Gasteiger partial charge on any atom is 0.472 e. The normalized spacial score (nSPS) is 31.8. The number of carbonyl (C=O) groups is 1. The van der Waals surface area contributed by atoms with Crippen molar-refractivity contribution in [3.63, 3.8) is 0 Å². The van der Waals surface area contributed by atoms with Crippen molar-refractivity contribution >= 4 is 30.8 Å². The maximum atomic E-state index is 11.5. The van der Waals surface area contributed by atoms with E-state index in [9.17, 15) is 19.4 Å². The number of aliphatic hydroxyl groups excluding tert-OH is 1. The number of phosphoric acid groups is 1. The van der Waals surface area contributed by atoms with Crippen molar-refractivity contribution in [1.82, 2.24) is 19.5 Å². The Kier molecular flexibility index (Phi) is 6.38. The first-order chi connectivity index (χ1) is 14.0. The average Bonchev–Trinajstić information content (AvgIpc) is 3.23. The molecule has 0 amide bonds. The van der Waals surface area contributed by atoms with E-state index in [2.05, 4.69) is 19.5 Å². The van der Waals surface area contributed by atoms with Gasteiger partial charge in [0.05, 0.1) is 12.9 Å². The van der Waals surface area contributed by atoms with Gasteiger partial charge in [-0.1, -0.05) is 13.8 Å². The van der Waals surface area contributed by atoms with Gasteiger partial charge < -0.3 is 31.3 Å². The first-order valence-electron chi connectivity index (χ1n) is 8.92. The van der Waals surface area contributed by atoms with Crippen LogP contribution in [-0.2, 0) is 23.1 Å². The SMILES string of the molecule is CC(C)[C@H](N)C(=O)O.Nc1ncnc2c1ncn2[C@@H]1O[C@@H]2COP(=O)(O)O[C@H]2[C@H]1O. The number of aliphatic carboxylic acids is 1. The number of hydrogen-bond acceptors (Lipinski definition) is 11. The number of rotatable bonds is 3. The smallest absolute Gasteiger partial charge is 0.472 e. The second-order valence-electron chi connectivity index (χ2n) is 7.08. The lowest BCUT2D eigenvalue weighted by molar-refractivity contribution is -0.139. The van der Waals surface area contributed by atoms with Crippen LogP contribution in [0.15, 0.2) is 12.7 Å². The molecule has 166 valence electrons. The van der Waals surface area contributed by atoms with E-state index < -0.39 is 44.4 Å². The summed E-state index contributed by atoms with van der Waals surface area (Å²) in [6, 6.07) is -0.713. The topological polar surface area (TPSA) is 218 Å². The summed E-state index contributed by atoms with van der Waals surface area (Å²) in [6.45, 7) is 3.40. The van der Waals surface area contributed by atoms with Crippen LogP contribution in [0.3, 0.4) is 0 Å². The van der Waals surface area contributed by atoms with Gasteiger partial charge in [0, 0.05) is 0 Å². The molecule has 15 heteroatoms. The van der Waals surface area contributed by atoms with Crippen LogP contribution in [0.4, 0.5) is 5.82 Å². The number of nitrogens with zero attached hydrogens (tertiary/aromatic N) is 4. The van der Waals surface area contributed by atoms with Crippen LogP contribution in [0.2, 0.25) is 0 Å². The second kappa shape index (κ2) is 8.51. The number of ether oxygens (including phenoxy) is 1. The Bertz CT molecular complexity index is 970. The molecule has 14 nitrogen and oxygen atoms in total. The molecule has 2 aromatic rings. The van der Waals surface area contributed by atoms with Crippen molar-refractivity contribution in [2.24, 2.45) is 11.7 Å². The molecule has 7 N–H and O–H groups in total. The highest BCUT2D eigenvalue weighted by Gasteiger charge is 2.52. The van der Waals surface area contributed by atoms with Crippen molar-refractivity contribution in [2.45, 2.75) is 44.4 Å². The van der Waals surface area contributed by atoms with E-state index in [0.717, 1.165) is 0 Å². The molecule has 2 saturated heterocycles. The lowest BCUT2D eigenvalue weighted by Gasteiger charge is -2.27. The van der Waals surface area contributed by atoms with Gasteiger partial charge >= 0.3 is 13.8 Å². The maximum absolute atomic E-state index is 11.5. The first kappa shape index (κ1) is 22.5. The number of imidazole rings is 1. The summed E-state index contributed by atoms with van der Waals surface area (Å²) in [5, 5.41) is 18.6. The summed E-state index contributed by atoms with van der Waals surface area (Å²) in [4.78, 5) is 31.4. The van der Waals surface area contributed by atoms with Crippen molar-refractivity contribution in [3.05, 3.63) is 12.7 Å². The van der Waals surface area contributed by atoms with E-state index in [1.54, 1.807) is 13.8 Å². The Labute approximate surface area is 170 Å². The predicted molar refractivity (Wildman–Crippen MR) is 101 cm³/mol. The van der Waals surface area contributed by atoms with Gasteiger partial charge in [0.25, 0.3) is 0 Å². The second-order valence-corrected chi connectivity index (χ2v) is 8.49. The van der Waals surface area contributed by atoms with Crippen LogP contribution >= 0.6 is 7.82 Å². The van der Waals surface area contributed by atoms with Gasteiger partial charge in [0.1, 0.15) is 36.2 Å². The third kappa shape index (κ3) is 4.44. The zero-order valence-corrected chi connectivity index (χ0v) is 17.0. The van der Waals surface area contributed by atoms with Gasteiger partial charge in [-0.15, -0.1) is 0 Å². The quantitative estimate of drug-likeness (QED) is 0.366. The Morgan fingerprint density at radius 2 is 2.07 bits per heavy atom. The number of hydrogen-bond donors (Lipinski definition) is 5. The van der Waals surface area contributed by atoms with Crippen LogP contribution in [-0.4, -0.2) is 71.6 Å². The standard InChI is InChI=1S/C10H12N5O6P.C5H11NO2/c11-8-5-9(13-2-12-8)15(3-14-5)10-6(16)7-4(20-10)1-19-22(17,18)21-7;1-3(2)4(6)5(7)8/h2-4,6-7,10,16H,1H2,(H,17,18)(H2,11,12,13);3-4H,6H2,1-2H3,(H,7,8)/t4-,6-,7-,10-;4-/m10/s1. The summed E-state index contributed by atoms with van der Waals surface area (Å²) in [7, 11) is -4.16. The number of aromatic nitrogens is 4. The molecule has 0 radical (unpaired) electrons. The van der Waals surface area contributed by atoms with Crippen molar-refractivity contribution in [1.29, 1.82) is 0 Å². The average molecular weight is 446 g/mol. The van der Waals surface area contributed by atoms with Gasteiger partial charge in [-0.2, -0.15) is 0 Å². The Hall–Kier alpha value is -2.19. The highest BCUT2D eigenvalue weighted by atomic mass is 31.2. The summed E-state index contributed by atoms with van der Waals surface area (Å²) in [5.74, 6) is -0.708. The fourth-order valence-corrected chi connectivity index (χ4v) is 3.87. The highest BCUT2D eigenvalue weighted by molar-refractivity contribution is 7.47. The van der Waals surface area contributed by atoms with Crippen LogP contribution in [0.1, 0.15) is 20.1 Å². The van der Waals surface area contributed by atoms with Crippen molar-refractivity contribution in [2.75, 3.05) is 12.3 Å². The van der Waals surface area contributed by atoms with E-state index in [0.29, 0.717) is 11.2 Å². The molecule has 1 unspecified atom stereocenters. The summed E-state index contributed by atoms with van der Waals surface area (Å²) in [6.07, 6.45) is -1.07. The Balaban J connectivity index is 0.000000275. The fourth-order valence-electron chi connectivity index (χ4n) is 2.91. The monoisotopic (exact) mass is 446 g/mol. The largest absolute Gasteiger partial charge is 0.480 e. The summed E-state index contributed by atoms with van der Waals surface area (Å²) in [5.41, 5.74) is 11.6. The third-order valence-corrected chi connectivity index (χ3v) is 5.62. The molecule has 2 aliphatic heterocycles. The third-order valence-electron chi connectivity index (χ3n) is 4.63. The molecule has 0 aromatic carbocycles. The van der Waals surface area contributed by atoms with Crippen molar-refractivity contribution in [3.8, 4) is 0 Å². The molecule has 4 heterocycles. The number of phosphoric ester groups is 1. The molecule has 30 heavy (non-hydrogen) atoms. The van der Waals surface area contributed by atoms with Gasteiger partial charge in [-0.25, -0.2) is 19.5 Å².